The van der Waals surface area contributed by atoms with Crippen LogP contribution in [-0.2, 0) is 6.42 Å². The summed E-state index contributed by atoms with van der Waals surface area (Å²) >= 11 is 6.15. The summed E-state index contributed by atoms with van der Waals surface area (Å²) in [7, 11) is 0. The number of halogens is 1. The van der Waals surface area contributed by atoms with Gasteiger partial charge in [0.2, 0.25) is 0 Å². The summed E-state index contributed by atoms with van der Waals surface area (Å²) in [6.07, 6.45) is 2.56. The lowest BCUT2D eigenvalue weighted by atomic mass is 9.98. The molecule has 1 aromatic carbocycles. The molecule has 1 N–H and O–H groups in total. The highest BCUT2D eigenvalue weighted by Gasteiger charge is 2.30. The van der Waals surface area contributed by atoms with Crippen molar-refractivity contribution in [1.29, 1.82) is 0 Å². The van der Waals surface area contributed by atoms with Gasteiger partial charge in [0.05, 0.1) is 17.1 Å². The zero-order chi connectivity index (χ0) is 16.8. The first-order valence-electron chi connectivity index (χ1n) is 7.96. The predicted molar refractivity (Wildman–Crippen MR) is 93.2 cm³/mol. The first-order valence-corrected chi connectivity index (χ1v) is 8.33. The van der Waals surface area contributed by atoms with Crippen molar-refractivity contribution in [2.75, 3.05) is 6.54 Å². The second-order valence-corrected chi connectivity index (χ2v) is 6.53. The number of hydrogen-bond acceptors (Lipinski definition) is 3. The van der Waals surface area contributed by atoms with Gasteiger partial charge in [0.1, 0.15) is 0 Å². The maximum atomic E-state index is 13.0. The van der Waals surface area contributed by atoms with Crippen LogP contribution in [-0.4, -0.2) is 32.3 Å². The third-order valence-electron chi connectivity index (χ3n) is 4.74. The van der Waals surface area contributed by atoms with Gasteiger partial charge in [-0.2, -0.15) is 0 Å². The van der Waals surface area contributed by atoms with Gasteiger partial charge in [0.25, 0.3) is 5.91 Å². The Morgan fingerprint density at radius 1 is 1.38 bits per heavy atom. The molecule has 1 amide bonds. The number of rotatable bonds is 1. The van der Waals surface area contributed by atoms with E-state index in [2.05, 4.69) is 15.0 Å². The standard InChI is InChI=1S/C18H17ClN4O/c1-10-13(19)5-6-15-16(10)22-17(21-15)18(24)23-9-7-14-12(11(23)2)4-3-8-20-14/h3-6,8,11H,7,9H2,1-2H3,(H,21,22). The molecule has 1 unspecified atom stereocenters. The molecule has 2 aromatic heterocycles. The SMILES string of the molecule is Cc1c(Cl)ccc2[nH]c(C(=O)N3CCc4ncccc4C3C)nc12. The summed E-state index contributed by atoms with van der Waals surface area (Å²) in [6, 6.07) is 7.60. The number of pyridine rings is 1. The van der Waals surface area contributed by atoms with E-state index in [9.17, 15) is 4.79 Å². The number of aryl methyl sites for hydroxylation is 1. The number of H-pyrrole nitrogens is 1. The molecule has 0 aliphatic carbocycles. The van der Waals surface area contributed by atoms with Crippen molar-refractivity contribution in [3.63, 3.8) is 0 Å². The number of carbonyl (C=O) groups is 1. The lowest BCUT2D eigenvalue weighted by Crippen LogP contribution is -2.39. The zero-order valence-corrected chi connectivity index (χ0v) is 14.3. The molecular formula is C18H17ClN4O. The minimum absolute atomic E-state index is 0.0205. The van der Waals surface area contributed by atoms with Crippen molar-refractivity contribution in [2.24, 2.45) is 0 Å². The van der Waals surface area contributed by atoms with E-state index in [1.54, 1.807) is 6.20 Å². The van der Waals surface area contributed by atoms with E-state index in [1.807, 2.05) is 43.0 Å². The average molecular weight is 341 g/mol. The smallest absolute Gasteiger partial charge is 0.290 e. The minimum atomic E-state index is -0.0938. The number of benzene rings is 1. The summed E-state index contributed by atoms with van der Waals surface area (Å²) in [5.74, 6) is 0.262. The Morgan fingerprint density at radius 2 is 2.21 bits per heavy atom. The zero-order valence-electron chi connectivity index (χ0n) is 13.5. The van der Waals surface area contributed by atoms with E-state index < -0.39 is 0 Å². The van der Waals surface area contributed by atoms with Crippen LogP contribution in [0.4, 0.5) is 0 Å². The fourth-order valence-electron chi connectivity index (χ4n) is 3.33. The molecule has 5 nitrogen and oxygen atoms in total. The summed E-state index contributed by atoms with van der Waals surface area (Å²) in [6.45, 7) is 4.58. The average Bonchev–Trinajstić information content (AvgIpc) is 3.03. The second kappa shape index (κ2) is 5.60. The highest BCUT2D eigenvalue weighted by atomic mass is 35.5. The van der Waals surface area contributed by atoms with Gasteiger partial charge >= 0.3 is 0 Å². The quantitative estimate of drug-likeness (QED) is 0.735. The van der Waals surface area contributed by atoms with Crippen molar-refractivity contribution in [3.8, 4) is 0 Å². The topological polar surface area (TPSA) is 61.9 Å². The normalized spacial score (nSPS) is 17.1. The lowest BCUT2D eigenvalue weighted by Gasteiger charge is -2.34. The van der Waals surface area contributed by atoms with Gasteiger partial charge in [0.15, 0.2) is 5.82 Å². The number of amides is 1. The van der Waals surface area contributed by atoms with E-state index >= 15 is 0 Å². The fraction of sp³-hybridized carbons (Fsp3) is 0.278. The third-order valence-corrected chi connectivity index (χ3v) is 5.15. The van der Waals surface area contributed by atoms with Crippen LogP contribution < -0.4 is 0 Å². The molecule has 1 aliphatic rings. The van der Waals surface area contributed by atoms with Gasteiger partial charge in [-0.15, -0.1) is 0 Å². The summed E-state index contributed by atoms with van der Waals surface area (Å²) in [5.41, 5.74) is 4.63. The molecule has 1 aliphatic heterocycles. The Hall–Kier alpha value is -2.40. The van der Waals surface area contributed by atoms with Gasteiger partial charge in [-0.1, -0.05) is 17.7 Å². The molecule has 3 heterocycles. The molecule has 0 saturated heterocycles. The first kappa shape index (κ1) is 15.1. The molecule has 3 aromatic rings. The van der Waals surface area contributed by atoms with Crippen molar-refractivity contribution in [2.45, 2.75) is 26.3 Å². The van der Waals surface area contributed by atoms with E-state index in [0.29, 0.717) is 17.4 Å². The first-order chi connectivity index (χ1) is 11.6. The van der Waals surface area contributed by atoms with E-state index in [1.165, 1.54) is 0 Å². The largest absolute Gasteiger partial charge is 0.334 e. The number of fused-ring (bicyclic) bond motifs is 2. The van der Waals surface area contributed by atoms with E-state index in [4.69, 9.17) is 11.6 Å². The molecule has 1 atom stereocenters. The maximum Gasteiger partial charge on any atom is 0.290 e. The number of aromatic nitrogens is 3. The lowest BCUT2D eigenvalue weighted by molar-refractivity contribution is 0.0665. The molecule has 0 radical (unpaired) electrons. The molecule has 0 spiro atoms. The molecule has 0 fully saturated rings. The Balaban J connectivity index is 1.71. The number of nitrogens with one attached hydrogen (secondary N) is 1. The van der Waals surface area contributed by atoms with Gasteiger partial charge < -0.3 is 9.88 Å². The monoisotopic (exact) mass is 340 g/mol. The third kappa shape index (κ3) is 2.27. The number of nitrogens with zero attached hydrogens (tertiary/aromatic N) is 3. The van der Waals surface area contributed by atoms with Crippen molar-refractivity contribution < 1.29 is 4.79 Å². The number of aromatic amines is 1. The number of carbonyl (C=O) groups excluding carboxylic acids is 1. The highest BCUT2D eigenvalue weighted by Crippen LogP contribution is 2.30. The summed E-state index contributed by atoms with van der Waals surface area (Å²) < 4.78 is 0. The molecule has 0 saturated carbocycles. The summed E-state index contributed by atoms with van der Waals surface area (Å²) in [5, 5.41) is 0.652. The van der Waals surface area contributed by atoms with Crippen LogP contribution in [0.25, 0.3) is 11.0 Å². The van der Waals surface area contributed by atoms with Crippen LogP contribution in [0.3, 0.4) is 0 Å². The Kier molecular flexibility index (Phi) is 3.53. The van der Waals surface area contributed by atoms with Gasteiger partial charge in [-0.25, -0.2) is 4.98 Å². The van der Waals surface area contributed by atoms with E-state index in [-0.39, 0.29) is 11.9 Å². The highest BCUT2D eigenvalue weighted by molar-refractivity contribution is 6.32. The minimum Gasteiger partial charge on any atom is -0.334 e. The molecule has 0 bridgehead atoms. The van der Waals surface area contributed by atoms with E-state index in [0.717, 1.165) is 34.3 Å². The maximum absolute atomic E-state index is 13.0. The van der Waals surface area contributed by atoms with Crippen LogP contribution in [0.1, 0.15) is 40.4 Å². The van der Waals surface area contributed by atoms with Crippen LogP contribution in [0.5, 0.6) is 0 Å². The van der Waals surface area contributed by atoms with Gasteiger partial charge in [-0.05, 0) is 43.2 Å². The van der Waals surface area contributed by atoms with Crippen LogP contribution >= 0.6 is 11.6 Å². The Labute approximate surface area is 144 Å². The van der Waals surface area contributed by atoms with Crippen molar-refractivity contribution in [1.82, 2.24) is 19.9 Å². The Bertz CT molecular complexity index is 949. The van der Waals surface area contributed by atoms with Crippen molar-refractivity contribution >= 4 is 28.5 Å². The van der Waals surface area contributed by atoms with Crippen LogP contribution in [0, 0.1) is 6.92 Å². The number of hydrogen-bond donors (Lipinski definition) is 1. The van der Waals surface area contributed by atoms with Gasteiger partial charge in [-0.3, -0.25) is 9.78 Å². The Morgan fingerprint density at radius 3 is 3.04 bits per heavy atom. The predicted octanol–water partition coefficient (Wildman–Crippen LogP) is 3.68. The number of imidazole rings is 1. The second-order valence-electron chi connectivity index (χ2n) is 6.12. The molecule has 6 heteroatoms. The fourth-order valence-corrected chi connectivity index (χ4v) is 3.48. The molecule has 24 heavy (non-hydrogen) atoms. The van der Waals surface area contributed by atoms with Crippen LogP contribution in [0.2, 0.25) is 5.02 Å². The molecular weight excluding hydrogens is 324 g/mol. The molecule has 4 rings (SSSR count). The van der Waals surface area contributed by atoms with Crippen LogP contribution in [0.15, 0.2) is 30.5 Å². The van der Waals surface area contributed by atoms with Crippen molar-refractivity contribution in [3.05, 3.63) is 58.1 Å². The summed E-state index contributed by atoms with van der Waals surface area (Å²) in [4.78, 5) is 26.8. The molecule has 122 valence electrons. The van der Waals surface area contributed by atoms with Gasteiger partial charge in [0, 0.05) is 29.9 Å².